The summed E-state index contributed by atoms with van der Waals surface area (Å²) in [6.45, 7) is 6.50. The van der Waals surface area contributed by atoms with Crippen LogP contribution in [-0.2, 0) is 12.7 Å². The topological polar surface area (TPSA) is 40.5 Å². The quantitative estimate of drug-likeness (QED) is 0.681. The molecule has 4 nitrogen and oxygen atoms in total. The first-order valence-corrected chi connectivity index (χ1v) is 8.12. The van der Waals surface area contributed by atoms with Gasteiger partial charge >= 0.3 is 6.18 Å². The Morgan fingerprint density at radius 2 is 2.27 bits per heavy atom. The number of nitrogens with one attached hydrogen (secondary N) is 1. The zero-order chi connectivity index (χ0) is 16.4. The fraction of sp³-hybridized carbons (Fsp3) is 0.714. The summed E-state index contributed by atoms with van der Waals surface area (Å²) in [5.41, 5.74) is -0.550. The van der Waals surface area contributed by atoms with Crippen LogP contribution in [-0.4, -0.2) is 36.0 Å². The van der Waals surface area contributed by atoms with Crippen LogP contribution in [0.5, 0.6) is 0 Å². The number of alkyl halides is 3. The Labute approximate surface area is 132 Å². The summed E-state index contributed by atoms with van der Waals surface area (Å²) >= 11 is 1.01. The highest BCUT2D eigenvalue weighted by Gasteiger charge is 2.35. The van der Waals surface area contributed by atoms with Crippen LogP contribution in [0.3, 0.4) is 0 Å². The van der Waals surface area contributed by atoms with Crippen molar-refractivity contribution in [3.05, 3.63) is 16.1 Å². The molecule has 0 aromatic carbocycles. The summed E-state index contributed by atoms with van der Waals surface area (Å²) < 4.78 is 37.6. The lowest BCUT2D eigenvalue weighted by molar-refractivity contribution is -0.140. The molecule has 2 heterocycles. The van der Waals surface area contributed by atoms with E-state index in [2.05, 4.69) is 34.0 Å². The molecule has 1 aromatic rings. The minimum Gasteiger partial charge on any atom is -0.350 e. The van der Waals surface area contributed by atoms with E-state index < -0.39 is 11.9 Å². The lowest BCUT2D eigenvalue weighted by Gasteiger charge is -2.25. The van der Waals surface area contributed by atoms with E-state index >= 15 is 0 Å². The Balaban J connectivity index is 1.94. The maximum absolute atomic E-state index is 12.5. The summed E-state index contributed by atoms with van der Waals surface area (Å²) in [5, 5.41) is 4.56. The fourth-order valence-electron chi connectivity index (χ4n) is 2.50. The second-order valence-electron chi connectivity index (χ2n) is 5.86. The number of thiazole rings is 1. The Bertz CT molecular complexity index is 540. The maximum Gasteiger partial charge on any atom is 0.434 e. The third-order valence-electron chi connectivity index (χ3n) is 4.16. The number of hydrogen-bond acceptors (Lipinski definition) is 3. The zero-order valence-electron chi connectivity index (χ0n) is 13.0. The summed E-state index contributed by atoms with van der Waals surface area (Å²) in [7, 11) is 1.69. The molecule has 1 N–H and O–H groups in total. The van der Waals surface area contributed by atoms with Crippen LogP contribution in [0.2, 0.25) is 0 Å². The molecule has 22 heavy (non-hydrogen) atoms. The molecule has 0 bridgehead atoms. The Morgan fingerprint density at radius 1 is 1.55 bits per heavy atom. The van der Waals surface area contributed by atoms with E-state index in [1.54, 1.807) is 7.05 Å². The molecule has 1 aliphatic rings. The van der Waals surface area contributed by atoms with Crippen LogP contribution in [0, 0.1) is 5.41 Å². The number of guanidine groups is 1. The Hall–Kier alpha value is -1.31. The smallest absolute Gasteiger partial charge is 0.350 e. The normalized spacial score (nSPS) is 23.2. The average molecular weight is 334 g/mol. The van der Waals surface area contributed by atoms with Gasteiger partial charge in [0.15, 0.2) is 11.7 Å². The second kappa shape index (κ2) is 6.44. The highest BCUT2D eigenvalue weighted by Crippen LogP contribution is 2.33. The van der Waals surface area contributed by atoms with E-state index in [0.717, 1.165) is 48.6 Å². The number of rotatable bonds is 3. The second-order valence-corrected chi connectivity index (χ2v) is 6.80. The lowest BCUT2D eigenvalue weighted by Crippen LogP contribution is -2.40. The third kappa shape index (κ3) is 3.91. The van der Waals surface area contributed by atoms with E-state index in [1.165, 1.54) is 0 Å². The number of aliphatic imine (C=N–C) groups is 1. The molecule has 1 saturated heterocycles. The molecule has 0 spiro atoms. The number of halogens is 3. The molecule has 1 aromatic heterocycles. The van der Waals surface area contributed by atoms with E-state index in [1.807, 2.05) is 0 Å². The van der Waals surface area contributed by atoms with Gasteiger partial charge in [-0.3, -0.25) is 4.99 Å². The molecule has 0 aliphatic carbocycles. The van der Waals surface area contributed by atoms with Crippen LogP contribution < -0.4 is 5.32 Å². The van der Waals surface area contributed by atoms with Gasteiger partial charge in [-0.05, 0) is 18.3 Å². The van der Waals surface area contributed by atoms with Crippen LogP contribution >= 0.6 is 11.3 Å². The molecule has 124 valence electrons. The SMILES string of the molecule is CCC1(C)CCN(C(=NC)NCc2nc(C(F)(F)F)cs2)C1. The van der Waals surface area contributed by atoms with E-state index in [-0.39, 0.29) is 12.0 Å². The van der Waals surface area contributed by atoms with Crippen molar-refractivity contribution in [3.8, 4) is 0 Å². The van der Waals surface area contributed by atoms with Crippen LogP contribution in [0.15, 0.2) is 10.4 Å². The van der Waals surface area contributed by atoms with Crippen molar-refractivity contribution in [1.82, 2.24) is 15.2 Å². The monoisotopic (exact) mass is 334 g/mol. The van der Waals surface area contributed by atoms with Gasteiger partial charge in [0.2, 0.25) is 0 Å². The van der Waals surface area contributed by atoms with Gasteiger partial charge in [0.1, 0.15) is 5.01 Å². The number of nitrogens with zero attached hydrogens (tertiary/aromatic N) is 3. The van der Waals surface area contributed by atoms with Gasteiger partial charge in [0.05, 0.1) is 6.54 Å². The predicted octanol–water partition coefficient (Wildman–Crippen LogP) is 3.36. The first-order valence-electron chi connectivity index (χ1n) is 7.24. The first-order chi connectivity index (χ1) is 10.3. The van der Waals surface area contributed by atoms with E-state index in [0.29, 0.717) is 5.01 Å². The average Bonchev–Trinajstić information content (AvgIpc) is 3.07. The minimum absolute atomic E-state index is 0.257. The largest absolute Gasteiger partial charge is 0.434 e. The summed E-state index contributed by atoms with van der Waals surface area (Å²) in [6, 6.07) is 0. The van der Waals surface area contributed by atoms with Crippen molar-refractivity contribution in [2.75, 3.05) is 20.1 Å². The number of likely N-dealkylation sites (tertiary alicyclic amines) is 1. The molecule has 2 rings (SSSR count). The number of hydrogen-bond donors (Lipinski definition) is 1. The van der Waals surface area contributed by atoms with Crippen molar-refractivity contribution < 1.29 is 13.2 Å². The summed E-state index contributed by atoms with van der Waals surface area (Å²) in [6.07, 6.45) is -2.18. The highest BCUT2D eigenvalue weighted by atomic mass is 32.1. The minimum atomic E-state index is -4.38. The van der Waals surface area contributed by atoms with Gasteiger partial charge in [-0.15, -0.1) is 11.3 Å². The molecule has 0 radical (unpaired) electrons. The molecule has 1 fully saturated rings. The van der Waals surface area contributed by atoms with Crippen LogP contribution in [0.1, 0.15) is 37.4 Å². The van der Waals surface area contributed by atoms with Crippen molar-refractivity contribution in [1.29, 1.82) is 0 Å². The Kier molecular flexibility index (Phi) is 4.99. The van der Waals surface area contributed by atoms with Gasteiger partial charge in [0.25, 0.3) is 0 Å². The zero-order valence-corrected chi connectivity index (χ0v) is 13.8. The molecule has 0 saturated carbocycles. The van der Waals surface area contributed by atoms with E-state index in [4.69, 9.17) is 0 Å². The van der Waals surface area contributed by atoms with Gasteiger partial charge in [-0.2, -0.15) is 13.2 Å². The molecule has 1 unspecified atom stereocenters. The lowest BCUT2D eigenvalue weighted by atomic mass is 9.87. The van der Waals surface area contributed by atoms with Crippen molar-refractivity contribution in [3.63, 3.8) is 0 Å². The summed E-state index contributed by atoms with van der Waals surface area (Å²) in [4.78, 5) is 10.00. The van der Waals surface area contributed by atoms with Crippen LogP contribution in [0.4, 0.5) is 13.2 Å². The first kappa shape index (κ1) is 17.1. The van der Waals surface area contributed by atoms with Gasteiger partial charge < -0.3 is 10.2 Å². The van der Waals surface area contributed by atoms with Crippen LogP contribution in [0.25, 0.3) is 0 Å². The van der Waals surface area contributed by atoms with Crippen molar-refractivity contribution >= 4 is 17.3 Å². The van der Waals surface area contributed by atoms with Gasteiger partial charge in [-0.25, -0.2) is 4.98 Å². The third-order valence-corrected chi connectivity index (χ3v) is 5.01. The molecule has 0 amide bonds. The number of aromatic nitrogens is 1. The van der Waals surface area contributed by atoms with Crippen molar-refractivity contribution in [2.45, 2.75) is 39.4 Å². The van der Waals surface area contributed by atoms with Gasteiger partial charge in [0, 0.05) is 25.5 Å². The molecule has 1 aliphatic heterocycles. The fourth-order valence-corrected chi connectivity index (χ4v) is 3.24. The summed E-state index contributed by atoms with van der Waals surface area (Å²) in [5.74, 6) is 0.723. The molecule has 8 heteroatoms. The molecule has 1 atom stereocenters. The molecular formula is C14H21F3N4S. The molecular weight excluding hydrogens is 313 g/mol. The maximum atomic E-state index is 12.5. The highest BCUT2D eigenvalue weighted by molar-refractivity contribution is 7.09. The standard InChI is InChI=1S/C14H21F3N4S/c1-4-13(2)5-6-21(9-13)12(18-3)19-7-11-20-10(8-22-11)14(15,16)17/h8H,4-7,9H2,1-3H3,(H,18,19). The van der Waals surface area contributed by atoms with Crippen molar-refractivity contribution in [2.24, 2.45) is 10.4 Å². The van der Waals surface area contributed by atoms with Gasteiger partial charge in [-0.1, -0.05) is 13.8 Å². The Morgan fingerprint density at radius 3 is 2.77 bits per heavy atom. The predicted molar refractivity (Wildman–Crippen MR) is 81.9 cm³/mol. The van der Waals surface area contributed by atoms with E-state index in [9.17, 15) is 13.2 Å².